The van der Waals surface area contributed by atoms with Crippen molar-refractivity contribution in [3.05, 3.63) is 93.3 Å². The van der Waals surface area contributed by atoms with Gasteiger partial charge in [-0.3, -0.25) is 4.79 Å². The molecule has 1 N–H and O–H groups in total. The normalized spacial score (nSPS) is 11.1. The zero-order valence-corrected chi connectivity index (χ0v) is 17.1. The molecule has 0 saturated heterocycles. The van der Waals surface area contributed by atoms with Gasteiger partial charge in [-0.1, -0.05) is 41.9 Å². The number of carbonyl (C=O) groups excluding carboxylic acids is 1. The summed E-state index contributed by atoms with van der Waals surface area (Å²) in [7, 11) is 0. The molecule has 0 aliphatic rings. The molecule has 4 rings (SSSR count). The summed E-state index contributed by atoms with van der Waals surface area (Å²) >= 11 is 7.55. The van der Waals surface area contributed by atoms with Gasteiger partial charge in [0.15, 0.2) is 0 Å². The maximum Gasteiger partial charge on any atom is 0.272 e. The van der Waals surface area contributed by atoms with Crippen LogP contribution in [0, 0.1) is 6.92 Å². The van der Waals surface area contributed by atoms with E-state index >= 15 is 0 Å². The Morgan fingerprint density at radius 2 is 1.93 bits per heavy atom. The summed E-state index contributed by atoms with van der Waals surface area (Å²) in [5.41, 5.74) is 6.54. The number of halogens is 1. The highest BCUT2D eigenvalue weighted by Crippen LogP contribution is 2.24. The molecule has 4 aromatic rings. The molecule has 2 aromatic carbocycles. The Kier molecular flexibility index (Phi) is 5.55. The van der Waals surface area contributed by atoms with Gasteiger partial charge in [0.05, 0.1) is 17.5 Å². The van der Waals surface area contributed by atoms with E-state index in [1.807, 2.05) is 79.2 Å². The lowest BCUT2D eigenvalue weighted by molar-refractivity contribution is 0.0955. The Morgan fingerprint density at radius 3 is 2.62 bits per heavy atom. The predicted octanol–water partition coefficient (Wildman–Crippen LogP) is 5.33. The van der Waals surface area contributed by atoms with E-state index in [2.05, 4.69) is 10.5 Å². The van der Waals surface area contributed by atoms with Crippen molar-refractivity contribution in [2.75, 3.05) is 0 Å². The third-order valence-electron chi connectivity index (χ3n) is 4.24. The van der Waals surface area contributed by atoms with Crippen LogP contribution in [0.3, 0.4) is 0 Å². The quantitative estimate of drug-likeness (QED) is 0.350. The number of hydrogen-bond donors (Lipinski definition) is 1. The van der Waals surface area contributed by atoms with Gasteiger partial charge in [-0.25, -0.2) is 10.1 Å². The van der Waals surface area contributed by atoms with Gasteiger partial charge in [0.1, 0.15) is 5.69 Å². The van der Waals surface area contributed by atoms with Crippen molar-refractivity contribution in [3.63, 3.8) is 0 Å². The highest BCUT2D eigenvalue weighted by molar-refractivity contribution is 7.10. The maximum absolute atomic E-state index is 12.2. The summed E-state index contributed by atoms with van der Waals surface area (Å²) < 4.78 is 1.79. The van der Waals surface area contributed by atoms with Gasteiger partial charge in [0, 0.05) is 32.6 Å². The second-order valence-corrected chi connectivity index (χ2v) is 7.92. The summed E-state index contributed by atoms with van der Waals surface area (Å²) in [5, 5.41) is 11.3. The van der Waals surface area contributed by atoms with Crippen molar-refractivity contribution >= 4 is 35.1 Å². The number of nitrogens with one attached hydrogen (secondary N) is 1. The Bertz CT molecular complexity index is 1160. The fourth-order valence-corrected chi connectivity index (χ4v) is 3.62. The lowest BCUT2D eigenvalue weighted by Crippen LogP contribution is -2.16. The second kappa shape index (κ2) is 8.43. The fraction of sp³-hybridized carbons (Fsp3) is 0.0455. The highest BCUT2D eigenvalue weighted by Gasteiger charge is 2.12. The van der Waals surface area contributed by atoms with Crippen molar-refractivity contribution in [1.29, 1.82) is 0 Å². The topological polar surface area (TPSA) is 59.3 Å². The molecule has 7 heteroatoms. The second-order valence-electron chi connectivity index (χ2n) is 6.37. The number of thiophene rings is 1. The lowest BCUT2D eigenvalue weighted by atomic mass is 10.1. The van der Waals surface area contributed by atoms with Gasteiger partial charge in [0.2, 0.25) is 0 Å². The molecule has 0 aliphatic carbocycles. The summed E-state index contributed by atoms with van der Waals surface area (Å²) in [6.45, 7) is 1.96. The van der Waals surface area contributed by atoms with Gasteiger partial charge >= 0.3 is 0 Å². The van der Waals surface area contributed by atoms with Crippen LogP contribution in [0.1, 0.15) is 20.8 Å². The minimum absolute atomic E-state index is 0.242. The molecule has 0 unspecified atom stereocenters. The van der Waals surface area contributed by atoms with Crippen molar-refractivity contribution in [2.24, 2.45) is 5.10 Å². The van der Waals surface area contributed by atoms with Gasteiger partial charge in [-0.05, 0) is 37.3 Å². The third-order valence-corrected chi connectivity index (χ3v) is 5.36. The Labute approximate surface area is 177 Å². The fourth-order valence-electron chi connectivity index (χ4n) is 2.81. The smallest absolute Gasteiger partial charge is 0.267 e. The van der Waals surface area contributed by atoms with Crippen LogP contribution in [-0.2, 0) is 0 Å². The molecule has 0 spiro atoms. The van der Waals surface area contributed by atoms with E-state index in [-0.39, 0.29) is 5.91 Å². The Balaban J connectivity index is 1.64. The number of hydrazone groups is 1. The van der Waals surface area contributed by atoms with Crippen molar-refractivity contribution < 1.29 is 4.79 Å². The van der Waals surface area contributed by atoms with Gasteiger partial charge < -0.3 is 0 Å². The number of aryl methyl sites for hydroxylation is 1. The zero-order chi connectivity index (χ0) is 20.2. The van der Waals surface area contributed by atoms with E-state index in [0.29, 0.717) is 10.6 Å². The van der Waals surface area contributed by atoms with Crippen LogP contribution in [0.15, 0.2) is 77.3 Å². The molecule has 29 heavy (non-hydrogen) atoms. The monoisotopic (exact) mass is 420 g/mol. The summed E-state index contributed by atoms with van der Waals surface area (Å²) in [6.07, 6.45) is 3.48. The average Bonchev–Trinajstić information content (AvgIpc) is 3.36. The van der Waals surface area contributed by atoms with E-state index in [0.717, 1.165) is 27.4 Å². The lowest BCUT2D eigenvalue weighted by Gasteiger charge is -2.00. The maximum atomic E-state index is 12.2. The number of para-hydroxylation sites is 1. The SMILES string of the molecule is Cc1cc(C(=O)N/N=C\c2cn(-c3ccccc3)nc2-c2ccc(Cl)cc2)cs1. The molecule has 0 atom stereocenters. The molecule has 0 bridgehead atoms. The number of carbonyl (C=O) groups is 1. The standard InChI is InChI=1S/C22H17ClN4OS/c1-15-11-17(14-29-15)22(28)25-24-12-18-13-27(20-5-3-2-4-6-20)26-21(18)16-7-9-19(23)10-8-16/h2-14H,1H3,(H,25,28)/b24-12-. The molecule has 0 aliphatic heterocycles. The molecular weight excluding hydrogens is 404 g/mol. The minimum Gasteiger partial charge on any atom is -0.267 e. The molecule has 144 valence electrons. The number of amides is 1. The van der Waals surface area contributed by atoms with Crippen molar-refractivity contribution in [1.82, 2.24) is 15.2 Å². The first kappa shape index (κ1) is 19.1. The van der Waals surface area contributed by atoms with Crippen LogP contribution < -0.4 is 5.43 Å². The minimum atomic E-state index is -0.242. The van der Waals surface area contributed by atoms with Gasteiger partial charge in [-0.15, -0.1) is 11.3 Å². The van der Waals surface area contributed by atoms with Crippen LogP contribution in [0.4, 0.5) is 0 Å². The number of nitrogens with zero attached hydrogens (tertiary/aromatic N) is 3. The summed E-state index contributed by atoms with van der Waals surface area (Å²) in [4.78, 5) is 13.3. The van der Waals surface area contributed by atoms with Crippen molar-refractivity contribution in [2.45, 2.75) is 6.92 Å². The number of benzene rings is 2. The number of rotatable bonds is 5. The van der Waals surface area contributed by atoms with Gasteiger partial charge in [-0.2, -0.15) is 10.2 Å². The first-order chi connectivity index (χ1) is 14.1. The third kappa shape index (κ3) is 4.45. The summed E-state index contributed by atoms with van der Waals surface area (Å²) in [5.74, 6) is -0.242. The van der Waals surface area contributed by atoms with E-state index in [4.69, 9.17) is 16.7 Å². The number of aromatic nitrogens is 2. The highest BCUT2D eigenvalue weighted by atomic mass is 35.5. The van der Waals surface area contributed by atoms with Crippen LogP contribution in [0.2, 0.25) is 5.02 Å². The Hall–Kier alpha value is -3.22. The molecule has 0 fully saturated rings. The van der Waals surface area contributed by atoms with E-state index in [1.165, 1.54) is 11.3 Å². The average molecular weight is 421 g/mol. The van der Waals surface area contributed by atoms with Crippen LogP contribution in [0.5, 0.6) is 0 Å². The van der Waals surface area contributed by atoms with E-state index in [9.17, 15) is 4.79 Å². The first-order valence-corrected chi connectivity index (χ1v) is 10.2. The van der Waals surface area contributed by atoms with Crippen LogP contribution in [-0.4, -0.2) is 21.9 Å². The molecular formula is C22H17ClN4OS. The molecule has 2 aromatic heterocycles. The van der Waals surface area contributed by atoms with Crippen LogP contribution >= 0.6 is 22.9 Å². The van der Waals surface area contributed by atoms with Crippen LogP contribution in [0.25, 0.3) is 16.9 Å². The van der Waals surface area contributed by atoms with Crippen molar-refractivity contribution in [3.8, 4) is 16.9 Å². The first-order valence-electron chi connectivity index (χ1n) is 8.90. The summed E-state index contributed by atoms with van der Waals surface area (Å²) in [6, 6.07) is 19.1. The molecule has 5 nitrogen and oxygen atoms in total. The largest absolute Gasteiger partial charge is 0.272 e. The molecule has 0 radical (unpaired) electrons. The molecule has 2 heterocycles. The predicted molar refractivity (Wildman–Crippen MR) is 118 cm³/mol. The molecule has 0 saturated carbocycles. The molecule has 1 amide bonds. The van der Waals surface area contributed by atoms with Gasteiger partial charge in [0.25, 0.3) is 5.91 Å². The number of hydrogen-bond acceptors (Lipinski definition) is 4. The van der Waals surface area contributed by atoms with E-state index in [1.54, 1.807) is 10.9 Å². The van der Waals surface area contributed by atoms with E-state index < -0.39 is 0 Å². The zero-order valence-electron chi connectivity index (χ0n) is 15.5. The Morgan fingerprint density at radius 1 is 1.17 bits per heavy atom.